The maximum atomic E-state index is 13.5. The molecule has 1 amide bonds. The zero-order valence-corrected chi connectivity index (χ0v) is 15.7. The lowest BCUT2D eigenvalue weighted by Crippen LogP contribution is -2.22. The Bertz CT molecular complexity index is 1140. The van der Waals surface area contributed by atoms with Crippen LogP contribution in [-0.2, 0) is 14.5 Å². The van der Waals surface area contributed by atoms with Gasteiger partial charge in [0.2, 0.25) is 0 Å². The van der Waals surface area contributed by atoms with E-state index in [1.165, 1.54) is 23.9 Å². The van der Waals surface area contributed by atoms with Crippen molar-refractivity contribution in [2.75, 3.05) is 5.75 Å². The average Bonchev–Trinajstić information content (AvgIpc) is 3.01. The molecule has 1 aliphatic carbocycles. The monoisotopic (exact) mass is 386 g/mol. The highest BCUT2D eigenvalue weighted by Gasteiger charge is 2.25. The van der Waals surface area contributed by atoms with Crippen molar-refractivity contribution in [3.8, 4) is 5.69 Å². The molecule has 140 valence electrons. The molecule has 0 bridgehead atoms. The molecule has 27 heavy (non-hydrogen) atoms. The molecule has 0 spiro atoms. The predicted octanol–water partition coefficient (Wildman–Crippen LogP) is 3.73. The lowest BCUT2D eigenvalue weighted by molar-refractivity contribution is -0.115. The third kappa shape index (κ3) is 3.62. The molecule has 0 aliphatic heterocycles. The zero-order valence-electron chi connectivity index (χ0n) is 14.8. The number of hydrogen-bond donors (Lipinski definition) is 0. The Morgan fingerprint density at radius 2 is 2.15 bits per heavy atom. The van der Waals surface area contributed by atoms with E-state index in [9.17, 15) is 13.4 Å². The molecule has 6 nitrogen and oxygen atoms in total. The minimum atomic E-state index is -2.81. The first-order valence-corrected chi connectivity index (χ1v) is 10.5. The van der Waals surface area contributed by atoms with Crippen LogP contribution in [0.25, 0.3) is 16.6 Å². The van der Waals surface area contributed by atoms with E-state index in [1.807, 2.05) is 0 Å². The number of hydrogen-bond acceptors (Lipinski definition) is 4. The first kappa shape index (κ1) is 17.8. The van der Waals surface area contributed by atoms with Gasteiger partial charge in [0.1, 0.15) is 5.82 Å². The summed E-state index contributed by atoms with van der Waals surface area (Å²) in [5.74, 6) is -0.130. The summed E-state index contributed by atoms with van der Waals surface area (Å²) in [4.78, 5) is 16.0. The summed E-state index contributed by atoms with van der Waals surface area (Å²) < 4.78 is 32.4. The van der Waals surface area contributed by atoms with Gasteiger partial charge in [-0.1, -0.05) is 6.42 Å². The van der Waals surface area contributed by atoms with Gasteiger partial charge in [-0.2, -0.15) is 9.46 Å². The van der Waals surface area contributed by atoms with Crippen molar-refractivity contribution in [2.45, 2.75) is 31.1 Å². The van der Waals surface area contributed by atoms with Crippen molar-refractivity contribution in [2.24, 2.45) is 10.3 Å². The van der Waals surface area contributed by atoms with E-state index in [4.69, 9.17) is 0 Å². The Hall–Kier alpha value is -2.61. The second-order valence-corrected chi connectivity index (χ2v) is 9.14. The second kappa shape index (κ2) is 6.84. The summed E-state index contributed by atoms with van der Waals surface area (Å²) in [6.07, 6.45) is 7.55. The number of fused-ring (bicyclic) bond motifs is 1. The van der Waals surface area contributed by atoms with Gasteiger partial charge in [0.15, 0.2) is 0 Å². The van der Waals surface area contributed by atoms with E-state index >= 15 is 0 Å². The number of nitrogens with zero attached hydrogens (tertiary/aromatic N) is 4. The van der Waals surface area contributed by atoms with E-state index in [1.54, 1.807) is 24.4 Å². The largest absolute Gasteiger partial charge is 0.272 e. The van der Waals surface area contributed by atoms with Crippen molar-refractivity contribution in [3.63, 3.8) is 0 Å². The summed E-state index contributed by atoms with van der Waals surface area (Å²) in [6, 6.07) is 6.57. The fourth-order valence-corrected chi connectivity index (χ4v) is 5.58. The average molecular weight is 386 g/mol. The van der Waals surface area contributed by atoms with Crippen LogP contribution in [0.5, 0.6) is 0 Å². The minimum Gasteiger partial charge on any atom is -0.272 e. The van der Waals surface area contributed by atoms with Gasteiger partial charge in [-0.05, 0) is 37.0 Å². The van der Waals surface area contributed by atoms with Crippen molar-refractivity contribution >= 4 is 26.5 Å². The number of benzene rings is 1. The summed E-state index contributed by atoms with van der Waals surface area (Å²) in [7, 11) is -2.81. The molecule has 1 aliphatic rings. The molecule has 0 radical (unpaired) electrons. The van der Waals surface area contributed by atoms with E-state index in [0.717, 1.165) is 30.8 Å². The van der Waals surface area contributed by atoms with Gasteiger partial charge in [0, 0.05) is 35.2 Å². The zero-order chi connectivity index (χ0) is 19.0. The molecule has 2 aromatic heterocycles. The van der Waals surface area contributed by atoms with Crippen LogP contribution in [0.4, 0.5) is 4.39 Å². The molecule has 2 heterocycles. The molecule has 0 N–H and O–H groups in total. The topological polar surface area (TPSA) is 77.2 Å². The Balaban J connectivity index is 1.77. The summed E-state index contributed by atoms with van der Waals surface area (Å²) in [5.41, 5.74) is 1.17. The lowest BCUT2D eigenvalue weighted by atomic mass is 9.87. The number of rotatable bonds is 4. The molecule has 1 fully saturated rings. The molecule has 1 atom stereocenters. The molecular formula is C19H19FN4O2S. The highest BCUT2D eigenvalue weighted by molar-refractivity contribution is 7.94. The number of carbonyl (C=O) groups excluding carboxylic acids is 1. The molecule has 1 aromatic carbocycles. The van der Waals surface area contributed by atoms with Crippen LogP contribution < -0.4 is 0 Å². The van der Waals surface area contributed by atoms with Gasteiger partial charge in [-0.25, -0.2) is 13.3 Å². The summed E-state index contributed by atoms with van der Waals surface area (Å²) in [6.45, 7) is 1.33. The highest BCUT2D eigenvalue weighted by Crippen LogP contribution is 2.31. The minimum absolute atomic E-state index is 0.345. The van der Waals surface area contributed by atoms with E-state index in [-0.39, 0.29) is 0 Å². The van der Waals surface area contributed by atoms with Gasteiger partial charge in [-0.15, -0.1) is 0 Å². The molecule has 8 heteroatoms. The van der Waals surface area contributed by atoms with Crippen LogP contribution in [0.15, 0.2) is 52.1 Å². The summed E-state index contributed by atoms with van der Waals surface area (Å²) in [5, 5.41) is 5.16. The van der Waals surface area contributed by atoms with Gasteiger partial charge in [0.05, 0.1) is 33.3 Å². The van der Waals surface area contributed by atoms with E-state index in [2.05, 4.69) is 14.4 Å². The normalized spacial score (nSPS) is 16.7. The van der Waals surface area contributed by atoms with Crippen LogP contribution in [0, 0.1) is 11.7 Å². The maximum Gasteiger partial charge on any atom is 0.250 e. The van der Waals surface area contributed by atoms with Crippen molar-refractivity contribution in [1.29, 1.82) is 0 Å². The lowest BCUT2D eigenvalue weighted by Gasteiger charge is -2.26. The molecule has 1 saturated carbocycles. The van der Waals surface area contributed by atoms with Crippen LogP contribution in [0.3, 0.4) is 0 Å². The third-order valence-electron chi connectivity index (χ3n) is 4.76. The van der Waals surface area contributed by atoms with Crippen LogP contribution in [0.2, 0.25) is 0 Å². The second-order valence-electron chi connectivity index (χ2n) is 6.87. The van der Waals surface area contributed by atoms with Crippen LogP contribution in [0.1, 0.15) is 26.2 Å². The molecule has 4 rings (SSSR count). The number of pyridine rings is 1. The Morgan fingerprint density at radius 1 is 1.33 bits per heavy atom. The Morgan fingerprint density at radius 3 is 2.81 bits per heavy atom. The maximum absolute atomic E-state index is 13.5. The predicted molar refractivity (Wildman–Crippen MR) is 101 cm³/mol. The van der Waals surface area contributed by atoms with Gasteiger partial charge >= 0.3 is 0 Å². The fraction of sp³-hybridized carbons (Fsp3) is 0.316. The Kier molecular flexibility index (Phi) is 4.51. The molecule has 3 aromatic rings. The summed E-state index contributed by atoms with van der Waals surface area (Å²) >= 11 is 0. The number of amides is 1. The van der Waals surface area contributed by atoms with Crippen LogP contribution in [-0.4, -0.2) is 30.6 Å². The van der Waals surface area contributed by atoms with E-state index in [0.29, 0.717) is 27.8 Å². The van der Waals surface area contributed by atoms with Crippen molar-refractivity contribution in [3.05, 3.63) is 48.7 Å². The van der Waals surface area contributed by atoms with Gasteiger partial charge in [-0.3, -0.25) is 9.78 Å². The Labute approximate surface area is 156 Å². The van der Waals surface area contributed by atoms with E-state index < -0.39 is 21.5 Å². The number of halogens is 1. The fourth-order valence-electron chi connectivity index (χ4n) is 3.23. The number of aromatic nitrogens is 3. The van der Waals surface area contributed by atoms with Gasteiger partial charge < -0.3 is 0 Å². The number of carbonyl (C=O) groups is 1. The molecule has 0 saturated heterocycles. The van der Waals surface area contributed by atoms with Gasteiger partial charge in [0.25, 0.3) is 5.91 Å². The smallest absolute Gasteiger partial charge is 0.250 e. The van der Waals surface area contributed by atoms with Crippen molar-refractivity contribution < 1.29 is 13.4 Å². The first-order valence-electron chi connectivity index (χ1n) is 8.79. The first-order chi connectivity index (χ1) is 12.9. The highest BCUT2D eigenvalue weighted by atomic mass is 32.2. The van der Waals surface area contributed by atoms with Crippen molar-refractivity contribution in [1.82, 2.24) is 14.8 Å². The molecule has 1 unspecified atom stereocenters. The SMILES string of the molecule is CC(=O)N=S(=O)(CC1CCC1)c1ccc2nn(-c3cncc(F)c3)cc2c1. The quantitative estimate of drug-likeness (QED) is 0.684. The van der Waals surface area contributed by atoms with Crippen LogP contribution >= 0.6 is 0 Å². The third-order valence-corrected chi connectivity index (χ3v) is 7.23. The molecular weight excluding hydrogens is 367 g/mol. The standard InChI is InChI=1S/C19H19FN4O2S/c1-13(25)23-27(26,12-14-3-2-4-14)18-5-6-19-15(7-18)11-24(22-19)17-8-16(20)9-21-10-17/h5-11,14H,2-4,12H2,1H3.